The van der Waals surface area contributed by atoms with Gasteiger partial charge < -0.3 is 5.32 Å². The van der Waals surface area contributed by atoms with Crippen LogP contribution in [0.4, 0.5) is 5.69 Å². The largest absolute Gasteiger partial charge is 0.344 e. The molecule has 0 amide bonds. The summed E-state index contributed by atoms with van der Waals surface area (Å²) in [6.45, 7) is 2.24. The van der Waals surface area contributed by atoms with Gasteiger partial charge in [-0.2, -0.15) is 0 Å². The molecule has 1 unspecified atom stereocenters. The lowest BCUT2D eigenvalue weighted by atomic mass is 9.95. The number of amidine groups is 1. The van der Waals surface area contributed by atoms with Crippen molar-refractivity contribution < 1.29 is 0 Å². The Morgan fingerprint density at radius 2 is 2.12 bits per heavy atom. The van der Waals surface area contributed by atoms with Gasteiger partial charge in [0.1, 0.15) is 5.84 Å². The summed E-state index contributed by atoms with van der Waals surface area (Å²) in [6.07, 6.45) is 8.93. The molecular weight excluding hydrogens is 208 g/mol. The molecule has 0 spiro atoms. The molecule has 1 aliphatic rings. The van der Waals surface area contributed by atoms with Gasteiger partial charge in [0.2, 0.25) is 0 Å². The minimum absolute atomic E-state index is 0.556. The third-order valence-electron chi connectivity index (χ3n) is 3.08. The van der Waals surface area contributed by atoms with E-state index in [4.69, 9.17) is 0 Å². The Hall–Kier alpha value is -1.57. The van der Waals surface area contributed by atoms with Crippen molar-refractivity contribution in [1.82, 2.24) is 0 Å². The number of anilines is 1. The van der Waals surface area contributed by atoms with Crippen molar-refractivity contribution in [2.75, 3.05) is 5.32 Å². The van der Waals surface area contributed by atoms with Gasteiger partial charge in [0, 0.05) is 17.8 Å². The average molecular weight is 228 g/mol. The van der Waals surface area contributed by atoms with Crippen LogP contribution in [0, 0.1) is 5.92 Å². The van der Waals surface area contributed by atoms with Crippen LogP contribution in [0.2, 0.25) is 0 Å². The molecule has 1 aromatic rings. The highest BCUT2D eigenvalue weighted by molar-refractivity contribution is 5.98. The molecule has 17 heavy (non-hydrogen) atoms. The molecule has 2 nitrogen and oxygen atoms in total. The molecule has 2 heteroatoms. The van der Waals surface area contributed by atoms with Crippen LogP contribution in [0.25, 0.3) is 0 Å². The Bertz CT molecular complexity index is 393. The Morgan fingerprint density at radius 1 is 1.29 bits per heavy atom. The summed E-state index contributed by atoms with van der Waals surface area (Å²) >= 11 is 0. The van der Waals surface area contributed by atoms with E-state index >= 15 is 0 Å². The number of hydrogen-bond donors (Lipinski definition) is 1. The van der Waals surface area contributed by atoms with Gasteiger partial charge in [-0.15, -0.1) is 0 Å². The number of nitrogens with one attached hydrogen (secondary N) is 1. The van der Waals surface area contributed by atoms with Gasteiger partial charge in [-0.1, -0.05) is 44.0 Å². The van der Waals surface area contributed by atoms with Crippen molar-refractivity contribution in [3.8, 4) is 0 Å². The number of unbranched alkanes of at least 4 members (excludes halogenated alkanes) is 1. The molecule has 0 bridgehead atoms. The summed E-state index contributed by atoms with van der Waals surface area (Å²) in [5.41, 5.74) is 1.13. The predicted molar refractivity (Wildman–Crippen MR) is 74.3 cm³/mol. The molecule has 0 fully saturated rings. The number of para-hydroxylation sites is 1. The molecule has 0 saturated carbocycles. The normalized spacial score (nSPS) is 18.9. The van der Waals surface area contributed by atoms with E-state index in [1.165, 1.54) is 19.3 Å². The molecule has 0 aromatic heterocycles. The Kier molecular flexibility index (Phi) is 4.37. The number of benzene rings is 1. The predicted octanol–water partition coefficient (Wildman–Crippen LogP) is 4.22. The minimum Gasteiger partial charge on any atom is -0.344 e. The van der Waals surface area contributed by atoms with Gasteiger partial charge in [0.05, 0.1) is 0 Å². The lowest BCUT2D eigenvalue weighted by molar-refractivity contribution is 0.583. The zero-order valence-corrected chi connectivity index (χ0v) is 10.4. The molecule has 0 saturated heterocycles. The monoisotopic (exact) mass is 228 g/mol. The SMILES string of the molecule is CCCCC1CC=CN=C1Nc1ccccc1. The summed E-state index contributed by atoms with van der Waals surface area (Å²) < 4.78 is 0. The Balaban J connectivity index is 2.01. The second-order valence-corrected chi connectivity index (χ2v) is 4.46. The first-order valence-electron chi connectivity index (χ1n) is 6.45. The van der Waals surface area contributed by atoms with E-state index < -0.39 is 0 Å². The van der Waals surface area contributed by atoms with Crippen LogP contribution in [0.5, 0.6) is 0 Å². The Labute approximate surface area is 103 Å². The van der Waals surface area contributed by atoms with Crippen LogP contribution in [-0.2, 0) is 0 Å². The molecule has 90 valence electrons. The first-order valence-corrected chi connectivity index (χ1v) is 6.45. The fourth-order valence-corrected chi connectivity index (χ4v) is 2.08. The minimum atomic E-state index is 0.556. The molecule has 1 heterocycles. The number of allylic oxidation sites excluding steroid dienone is 1. The summed E-state index contributed by atoms with van der Waals surface area (Å²) in [4.78, 5) is 4.48. The molecule has 1 atom stereocenters. The van der Waals surface area contributed by atoms with Gasteiger partial charge in [0.15, 0.2) is 0 Å². The molecule has 1 aromatic carbocycles. The third kappa shape index (κ3) is 3.45. The van der Waals surface area contributed by atoms with E-state index in [0.29, 0.717) is 5.92 Å². The lowest BCUT2D eigenvalue weighted by Gasteiger charge is -2.21. The summed E-state index contributed by atoms with van der Waals surface area (Å²) in [7, 11) is 0. The molecule has 0 aliphatic carbocycles. The van der Waals surface area contributed by atoms with E-state index in [1.807, 2.05) is 24.4 Å². The molecule has 0 radical (unpaired) electrons. The van der Waals surface area contributed by atoms with Gasteiger partial charge in [0.25, 0.3) is 0 Å². The van der Waals surface area contributed by atoms with Crippen molar-refractivity contribution in [3.05, 3.63) is 42.6 Å². The topological polar surface area (TPSA) is 24.4 Å². The highest BCUT2D eigenvalue weighted by atomic mass is 15.0. The molecule has 1 aliphatic heterocycles. The van der Waals surface area contributed by atoms with E-state index in [1.54, 1.807) is 0 Å². The van der Waals surface area contributed by atoms with Crippen LogP contribution in [0.3, 0.4) is 0 Å². The van der Waals surface area contributed by atoms with Gasteiger partial charge >= 0.3 is 0 Å². The highest BCUT2D eigenvalue weighted by Gasteiger charge is 2.16. The lowest BCUT2D eigenvalue weighted by Crippen LogP contribution is -2.24. The summed E-state index contributed by atoms with van der Waals surface area (Å²) in [5, 5.41) is 3.44. The van der Waals surface area contributed by atoms with Crippen LogP contribution >= 0.6 is 0 Å². The van der Waals surface area contributed by atoms with Crippen LogP contribution in [-0.4, -0.2) is 5.84 Å². The second kappa shape index (κ2) is 6.24. The fourth-order valence-electron chi connectivity index (χ4n) is 2.08. The van der Waals surface area contributed by atoms with Crippen LogP contribution < -0.4 is 5.32 Å². The van der Waals surface area contributed by atoms with Gasteiger partial charge in [-0.25, -0.2) is 4.99 Å². The quantitative estimate of drug-likeness (QED) is 0.819. The number of hydrogen-bond acceptors (Lipinski definition) is 2. The summed E-state index contributed by atoms with van der Waals surface area (Å²) in [5.74, 6) is 1.67. The van der Waals surface area contributed by atoms with E-state index in [-0.39, 0.29) is 0 Å². The van der Waals surface area contributed by atoms with Crippen molar-refractivity contribution in [3.63, 3.8) is 0 Å². The number of nitrogens with zero attached hydrogens (tertiary/aromatic N) is 1. The van der Waals surface area contributed by atoms with E-state index in [0.717, 1.165) is 17.9 Å². The van der Waals surface area contributed by atoms with Gasteiger partial charge in [-0.05, 0) is 25.0 Å². The first kappa shape index (κ1) is 11.9. The Morgan fingerprint density at radius 3 is 2.88 bits per heavy atom. The summed E-state index contributed by atoms with van der Waals surface area (Å²) in [6, 6.07) is 10.3. The molecular formula is C15H20N2. The maximum absolute atomic E-state index is 4.48. The van der Waals surface area contributed by atoms with E-state index in [9.17, 15) is 0 Å². The van der Waals surface area contributed by atoms with Crippen molar-refractivity contribution in [1.29, 1.82) is 0 Å². The third-order valence-corrected chi connectivity index (χ3v) is 3.08. The van der Waals surface area contributed by atoms with Crippen molar-refractivity contribution in [2.24, 2.45) is 10.9 Å². The first-order chi connectivity index (χ1) is 8.40. The zero-order chi connectivity index (χ0) is 11.9. The highest BCUT2D eigenvalue weighted by Crippen LogP contribution is 2.20. The standard InChI is InChI=1S/C15H20N2/c1-2-3-8-13-9-7-12-16-15(13)17-14-10-5-4-6-11-14/h4-7,10-13H,2-3,8-9H2,1H3,(H,16,17). The van der Waals surface area contributed by atoms with Crippen molar-refractivity contribution in [2.45, 2.75) is 32.6 Å². The second-order valence-electron chi connectivity index (χ2n) is 4.46. The van der Waals surface area contributed by atoms with Crippen LogP contribution in [0.15, 0.2) is 47.6 Å². The maximum atomic E-state index is 4.48. The van der Waals surface area contributed by atoms with Gasteiger partial charge in [-0.3, -0.25) is 0 Å². The van der Waals surface area contributed by atoms with Crippen LogP contribution in [0.1, 0.15) is 32.6 Å². The zero-order valence-electron chi connectivity index (χ0n) is 10.4. The average Bonchev–Trinajstić information content (AvgIpc) is 2.39. The number of aliphatic imine (C=N–C) groups is 1. The molecule has 2 rings (SSSR count). The van der Waals surface area contributed by atoms with Crippen molar-refractivity contribution >= 4 is 11.5 Å². The molecule has 1 N–H and O–H groups in total. The number of rotatable bonds is 4. The maximum Gasteiger partial charge on any atom is 0.109 e. The van der Waals surface area contributed by atoms with E-state index in [2.05, 4.69) is 35.4 Å². The fraction of sp³-hybridized carbons (Fsp3) is 0.400. The smallest absolute Gasteiger partial charge is 0.109 e.